The lowest BCUT2D eigenvalue weighted by atomic mass is 9.84. The zero-order valence-corrected chi connectivity index (χ0v) is 14.7. The Hall–Kier alpha value is -2.10. The number of amides is 1. The van der Waals surface area contributed by atoms with Crippen molar-refractivity contribution in [2.24, 2.45) is 13.0 Å². The Kier molecular flexibility index (Phi) is 5.34. The number of benzene rings is 1. The number of nitrogens with zero attached hydrogens (tertiary/aromatic N) is 3. The number of aryl methyl sites for hydroxylation is 2. The van der Waals surface area contributed by atoms with Crippen LogP contribution in [0.1, 0.15) is 49.8 Å². The third kappa shape index (κ3) is 4.05. The average molecular weight is 325 g/mol. The van der Waals surface area contributed by atoms with Gasteiger partial charge in [0.1, 0.15) is 0 Å². The Morgan fingerprint density at radius 2 is 2.08 bits per heavy atom. The Bertz CT molecular complexity index is 661. The predicted molar refractivity (Wildman–Crippen MR) is 95.4 cm³/mol. The lowest BCUT2D eigenvalue weighted by Crippen LogP contribution is -2.39. The van der Waals surface area contributed by atoms with Gasteiger partial charge < -0.3 is 4.90 Å². The fourth-order valence-electron chi connectivity index (χ4n) is 3.34. The molecule has 128 valence electrons. The second-order valence-electron chi connectivity index (χ2n) is 6.95. The summed E-state index contributed by atoms with van der Waals surface area (Å²) < 4.78 is 1.79. The molecule has 0 radical (unpaired) electrons. The van der Waals surface area contributed by atoms with Crippen LogP contribution in [0.4, 0.5) is 0 Å². The SMILES string of the molecule is C[C@H](c1ccccc1)N(CC1CCC1)C(=O)CCc1cnn(C)c1. The zero-order valence-electron chi connectivity index (χ0n) is 14.7. The molecule has 0 spiro atoms. The quantitative estimate of drug-likeness (QED) is 0.778. The Balaban J connectivity index is 1.67. The molecule has 1 fully saturated rings. The number of aromatic nitrogens is 2. The summed E-state index contributed by atoms with van der Waals surface area (Å²) in [6, 6.07) is 10.5. The molecule has 2 aromatic rings. The van der Waals surface area contributed by atoms with Crippen LogP contribution in [-0.2, 0) is 18.3 Å². The fourth-order valence-corrected chi connectivity index (χ4v) is 3.34. The van der Waals surface area contributed by atoms with E-state index in [0.717, 1.165) is 18.5 Å². The zero-order chi connectivity index (χ0) is 16.9. The highest BCUT2D eigenvalue weighted by Gasteiger charge is 2.27. The van der Waals surface area contributed by atoms with Crippen molar-refractivity contribution in [3.63, 3.8) is 0 Å². The molecular weight excluding hydrogens is 298 g/mol. The molecule has 1 aliphatic carbocycles. The minimum absolute atomic E-state index is 0.133. The maximum atomic E-state index is 12.9. The predicted octanol–water partition coefficient (Wildman–Crippen LogP) is 3.74. The van der Waals surface area contributed by atoms with Gasteiger partial charge in [0.05, 0.1) is 12.2 Å². The molecule has 1 amide bonds. The molecule has 3 rings (SSSR count). The molecule has 4 heteroatoms. The number of carbonyl (C=O) groups excluding carboxylic acids is 1. The van der Waals surface area contributed by atoms with Gasteiger partial charge in [-0.3, -0.25) is 9.48 Å². The van der Waals surface area contributed by atoms with E-state index in [-0.39, 0.29) is 11.9 Å². The maximum Gasteiger partial charge on any atom is 0.223 e. The van der Waals surface area contributed by atoms with E-state index in [1.54, 1.807) is 4.68 Å². The highest BCUT2D eigenvalue weighted by Crippen LogP contribution is 2.31. The van der Waals surface area contributed by atoms with Crippen LogP contribution >= 0.6 is 0 Å². The molecule has 0 N–H and O–H groups in total. The van der Waals surface area contributed by atoms with Crippen molar-refractivity contribution < 1.29 is 4.79 Å². The molecule has 4 nitrogen and oxygen atoms in total. The molecule has 24 heavy (non-hydrogen) atoms. The monoisotopic (exact) mass is 325 g/mol. The van der Waals surface area contributed by atoms with Gasteiger partial charge in [0.2, 0.25) is 5.91 Å². The summed E-state index contributed by atoms with van der Waals surface area (Å²) in [7, 11) is 1.91. The maximum absolute atomic E-state index is 12.9. The minimum atomic E-state index is 0.133. The average Bonchev–Trinajstić information content (AvgIpc) is 2.97. The first-order chi connectivity index (χ1) is 11.6. The summed E-state index contributed by atoms with van der Waals surface area (Å²) in [5.74, 6) is 0.931. The van der Waals surface area contributed by atoms with Gasteiger partial charge in [0.25, 0.3) is 0 Å². The van der Waals surface area contributed by atoms with Gasteiger partial charge in [0.15, 0.2) is 0 Å². The van der Waals surface area contributed by atoms with Crippen LogP contribution in [0.5, 0.6) is 0 Å². The van der Waals surface area contributed by atoms with Crippen molar-refractivity contribution >= 4 is 5.91 Å². The van der Waals surface area contributed by atoms with Crippen LogP contribution in [0.25, 0.3) is 0 Å². The van der Waals surface area contributed by atoms with Gasteiger partial charge in [-0.15, -0.1) is 0 Å². The molecular formula is C20H27N3O. The summed E-state index contributed by atoms with van der Waals surface area (Å²) in [4.78, 5) is 15.0. The van der Waals surface area contributed by atoms with Crippen molar-refractivity contribution in [3.05, 3.63) is 53.9 Å². The third-order valence-electron chi connectivity index (χ3n) is 5.14. The number of rotatable bonds is 7. The lowest BCUT2D eigenvalue weighted by molar-refractivity contribution is -0.134. The van der Waals surface area contributed by atoms with E-state index in [0.29, 0.717) is 12.3 Å². The van der Waals surface area contributed by atoms with Crippen molar-refractivity contribution in [2.45, 2.75) is 45.1 Å². The first-order valence-corrected chi connectivity index (χ1v) is 8.95. The molecule has 1 aromatic heterocycles. The van der Waals surface area contributed by atoms with Crippen molar-refractivity contribution in [2.75, 3.05) is 6.54 Å². The standard InChI is InChI=1S/C20H27N3O/c1-16(19-9-4-3-5-10-19)23(15-17-7-6-8-17)20(24)12-11-18-13-21-22(2)14-18/h3-5,9-10,13-14,16-17H,6-8,11-12,15H2,1-2H3/t16-/m1/s1. The number of hydrogen-bond acceptors (Lipinski definition) is 2. The lowest BCUT2D eigenvalue weighted by Gasteiger charge is -2.36. The van der Waals surface area contributed by atoms with Crippen LogP contribution in [0, 0.1) is 5.92 Å². The summed E-state index contributed by atoms with van der Waals surface area (Å²) in [6.45, 7) is 3.04. The van der Waals surface area contributed by atoms with E-state index in [4.69, 9.17) is 0 Å². The molecule has 1 atom stereocenters. The van der Waals surface area contributed by atoms with Gasteiger partial charge >= 0.3 is 0 Å². The van der Waals surface area contributed by atoms with E-state index in [9.17, 15) is 4.79 Å². The van der Waals surface area contributed by atoms with Crippen molar-refractivity contribution in [1.29, 1.82) is 0 Å². The summed E-state index contributed by atoms with van der Waals surface area (Å²) in [5, 5.41) is 4.18. The van der Waals surface area contributed by atoms with Gasteiger partial charge in [-0.1, -0.05) is 36.8 Å². The first-order valence-electron chi connectivity index (χ1n) is 8.95. The van der Waals surface area contributed by atoms with E-state index in [1.807, 2.05) is 37.6 Å². The smallest absolute Gasteiger partial charge is 0.223 e. The topological polar surface area (TPSA) is 38.1 Å². The van der Waals surface area contributed by atoms with E-state index >= 15 is 0 Å². The number of hydrogen-bond donors (Lipinski definition) is 0. The van der Waals surface area contributed by atoms with Gasteiger partial charge in [-0.05, 0) is 43.2 Å². The molecule has 1 aromatic carbocycles. The minimum Gasteiger partial charge on any atom is -0.336 e. The second kappa shape index (κ2) is 7.65. The molecule has 0 bridgehead atoms. The van der Waals surface area contributed by atoms with Gasteiger partial charge in [-0.2, -0.15) is 5.10 Å². The van der Waals surface area contributed by atoms with Crippen LogP contribution < -0.4 is 0 Å². The third-order valence-corrected chi connectivity index (χ3v) is 5.14. The Morgan fingerprint density at radius 1 is 1.33 bits per heavy atom. The van der Waals surface area contributed by atoms with Crippen LogP contribution in [-0.4, -0.2) is 27.1 Å². The molecule has 0 aliphatic heterocycles. The van der Waals surface area contributed by atoms with E-state index in [1.165, 1.54) is 24.8 Å². The molecule has 1 heterocycles. The van der Waals surface area contributed by atoms with E-state index < -0.39 is 0 Å². The number of carbonyl (C=O) groups is 1. The summed E-state index contributed by atoms with van der Waals surface area (Å²) >= 11 is 0. The molecule has 0 unspecified atom stereocenters. The van der Waals surface area contributed by atoms with Gasteiger partial charge in [-0.25, -0.2) is 0 Å². The first kappa shape index (κ1) is 16.7. The van der Waals surface area contributed by atoms with Gasteiger partial charge in [0, 0.05) is 26.2 Å². The Morgan fingerprint density at radius 3 is 2.67 bits per heavy atom. The summed E-state index contributed by atoms with van der Waals surface area (Å²) in [6.07, 6.45) is 8.98. The molecule has 1 aliphatic rings. The normalized spacial score (nSPS) is 15.8. The van der Waals surface area contributed by atoms with Crippen LogP contribution in [0.15, 0.2) is 42.7 Å². The highest BCUT2D eigenvalue weighted by molar-refractivity contribution is 5.77. The van der Waals surface area contributed by atoms with Crippen LogP contribution in [0.3, 0.4) is 0 Å². The van der Waals surface area contributed by atoms with Crippen molar-refractivity contribution in [1.82, 2.24) is 14.7 Å². The second-order valence-corrected chi connectivity index (χ2v) is 6.95. The highest BCUT2D eigenvalue weighted by atomic mass is 16.2. The van der Waals surface area contributed by atoms with E-state index in [2.05, 4.69) is 29.1 Å². The Labute approximate surface area is 144 Å². The van der Waals surface area contributed by atoms with Crippen LogP contribution in [0.2, 0.25) is 0 Å². The molecule has 1 saturated carbocycles. The van der Waals surface area contributed by atoms with Crippen molar-refractivity contribution in [3.8, 4) is 0 Å². The fraction of sp³-hybridized carbons (Fsp3) is 0.500. The largest absolute Gasteiger partial charge is 0.336 e. The summed E-state index contributed by atoms with van der Waals surface area (Å²) in [5.41, 5.74) is 2.34. The molecule has 0 saturated heterocycles.